The standard InChI is InChI=1S/C24H27ClN6OS/c1-16-17(2)32-15-24(16)7-11-31(12-8-24)20-13-29-21(14-28-20)33-19-6-3-5-18(22(19)25)30-23-26-9-4-10-27-23/h3-6,9-10,13-14,16-17H,7-8,11-12,15H2,1-2H3,(H,26,27,30)/t16-,17+/m1/s1. The average Bonchev–Trinajstić information content (AvgIpc) is 3.12. The van der Waals surface area contributed by atoms with Gasteiger partial charge in [0.25, 0.3) is 0 Å². The molecule has 1 N–H and O–H groups in total. The summed E-state index contributed by atoms with van der Waals surface area (Å²) in [5.74, 6) is 2.03. The molecule has 2 atom stereocenters. The Bertz CT molecular complexity index is 1090. The number of aromatic nitrogens is 4. The second kappa shape index (κ2) is 9.44. The van der Waals surface area contributed by atoms with Gasteiger partial charge in [-0.15, -0.1) is 0 Å². The molecule has 9 heteroatoms. The van der Waals surface area contributed by atoms with Crippen LogP contribution in [0.4, 0.5) is 17.5 Å². The Morgan fingerprint density at radius 2 is 1.85 bits per heavy atom. The quantitative estimate of drug-likeness (QED) is 0.514. The predicted molar refractivity (Wildman–Crippen MR) is 131 cm³/mol. The van der Waals surface area contributed by atoms with Crippen LogP contribution in [0, 0.1) is 11.3 Å². The first-order valence-electron chi connectivity index (χ1n) is 11.2. The first-order chi connectivity index (χ1) is 16.0. The minimum atomic E-state index is 0.319. The summed E-state index contributed by atoms with van der Waals surface area (Å²) in [6, 6.07) is 7.58. The molecule has 0 unspecified atom stereocenters. The number of hydrogen-bond acceptors (Lipinski definition) is 8. The lowest BCUT2D eigenvalue weighted by molar-refractivity contribution is 0.0969. The van der Waals surface area contributed by atoms with E-state index in [1.165, 1.54) is 11.8 Å². The highest BCUT2D eigenvalue weighted by atomic mass is 35.5. The van der Waals surface area contributed by atoms with Gasteiger partial charge in [-0.1, -0.05) is 36.4 Å². The topological polar surface area (TPSA) is 76.1 Å². The average molecular weight is 483 g/mol. The third-order valence-corrected chi connectivity index (χ3v) is 8.49. The maximum atomic E-state index is 6.64. The summed E-state index contributed by atoms with van der Waals surface area (Å²) in [5, 5.41) is 4.56. The number of rotatable bonds is 5. The van der Waals surface area contributed by atoms with E-state index in [-0.39, 0.29) is 0 Å². The van der Waals surface area contributed by atoms with E-state index in [2.05, 4.69) is 39.0 Å². The van der Waals surface area contributed by atoms with Crippen molar-refractivity contribution in [3.05, 3.63) is 54.1 Å². The van der Waals surface area contributed by atoms with Crippen molar-refractivity contribution in [1.29, 1.82) is 0 Å². The molecule has 4 heterocycles. The Hall–Kier alpha value is -2.42. The van der Waals surface area contributed by atoms with Gasteiger partial charge in [0.15, 0.2) is 0 Å². The molecule has 0 amide bonds. The van der Waals surface area contributed by atoms with Gasteiger partial charge in [0, 0.05) is 35.8 Å². The van der Waals surface area contributed by atoms with E-state index in [0.717, 1.165) is 54.0 Å². The lowest BCUT2D eigenvalue weighted by Crippen LogP contribution is -2.44. The fourth-order valence-corrected chi connectivity index (χ4v) is 5.73. The summed E-state index contributed by atoms with van der Waals surface area (Å²) in [6.45, 7) is 7.39. The maximum absolute atomic E-state index is 6.64. The van der Waals surface area contributed by atoms with Crippen molar-refractivity contribution in [2.75, 3.05) is 29.9 Å². The molecule has 1 aromatic carbocycles. The van der Waals surface area contributed by atoms with E-state index in [1.807, 2.05) is 30.6 Å². The van der Waals surface area contributed by atoms with Gasteiger partial charge in [-0.3, -0.25) is 0 Å². The zero-order valence-electron chi connectivity index (χ0n) is 18.7. The lowest BCUT2D eigenvalue weighted by Gasteiger charge is -2.41. The highest BCUT2D eigenvalue weighted by Crippen LogP contribution is 2.46. The van der Waals surface area contributed by atoms with Gasteiger partial charge in [-0.05, 0) is 43.9 Å². The number of nitrogens with zero attached hydrogens (tertiary/aromatic N) is 5. The molecule has 2 aliphatic heterocycles. The SMILES string of the molecule is C[C@@H]1OCC2(CCN(c3cnc(Sc4cccc(Nc5ncccn5)c4Cl)cn3)CC2)[C@@H]1C. The molecule has 172 valence electrons. The second-order valence-corrected chi connectivity index (χ2v) is 10.2. The maximum Gasteiger partial charge on any atom is 0.227 e. The molecule has 2 aliphatic rings. The Morgan fingerprint density at radius 3 is 2.52 bits per heavy atom. The summed E-state index contributed by atoms with van der Waals surface area (Å²) in [5.41, 5.74) is 1.07. The van der Waals surface area contributed by atoms with Gasteiger partial charge in [0.1, 0.15) is 10.8 Å². The summed E-state index contributed by atoms with van der Waals surface area (Å²) in [4.78, 5) is 21.0. The third-order valence-electron chi connectivity index (χ3n) is 6.99. The molecular formula is C24H27ClN6OS. The van der Waals surface area contributed by atoms with Gasteiger partial charge in [-0.25, -0.2) is 19.9 Å². The molecule has 7 nitrogen and oxygen atoms in total. The van der Waals surface area contributed by atoms with Crippen molar-refractivity contribution in [2.45, 2.75) is 42.7 Å². The zero-order chi connectivity index (χ0) is 22.8. The van der Waals surface area contributed by atoms with Crippen LogP contribution in [0.25, 0.3) is 0 Å². The fraction of sp³-hybridized carbons (Fsp3) is 0.417. The Balaban J connectivity index is 1.23. The van der Waals surface area contributed by atoms with Gasteiger partial charge in [-0.2, -0.15) is 0 Å². The van der Waals surface area contributed by atoms with Crippen molar-refractivity contribution in [3.63, 3.8) is 0 Å². The molecule has 0 aliphatic carbocycles. The second-order valence-electron chi connectivity index (χ2n) is 8.78. The highest BCUT2D eigenvalue weighted by Gasteiger charge is 2.46. The van der Waals surface area contributed by atoms with Crippen LogP contribution in [0.15, 0.2) is 59.0 Å². The fourth-order valence-electron chi connectivity index (χ4n) is 4.66. The number of hydrogen-bond donors (Lipinski definition) is 1. The molecule has 2 aromatic heterocycles. The molecule has 0 radical (unpaired) electrons. The molecule has 0 saturated carbocycles. The largest absolute Gasteiger partial charge is 0.378 e. The molecule has 1 spiro atoms. The number of benzene rings is 1. The lowest BCUT2D eigenvalue weighted by atomic mass is 9.70. The minimum absolute atomic E-state index is 0.319. The van der Waals surface area contributed by atoms with Crippen LogP contribution >= 0.6 is 23.4 Å². The molecule has 0 bridgehead atoms. The van der Waals surface area contributed by atoms with Crippen LogP contribution in [0.5, 0.6) is 0 Å². The molecular weight excluding hydrogens is 456 g/mol. The monoisotopic (exact) mass is 482 g/mol. The number of ether oxygens (including phenoxy) is 1. The van der Waals surface area contributed by atoms with E-state index in [4.69, 9.17) is 21.3 Å². The summed E-state index contributed by atoms with van der Waals surface area (Å²) >= 11 is 8.13. The minimum Gasteiger partial charge on any atom is -0.378 e. The van der Waals surface area contributed by atoms with Crippen molar-refractivity contribution in [2.24, 2.45) is 11.3 Å². The van der Waals surface area contributed by atoms with E-state index in [0.29, 0.717) is 28.4 Å². The van der Waals surface area contributed by atoms with Crippen molar-refractivity contribution in [1.82, 2.24) is 19.9 Å². The van der Waals surface area contributed by atoms with E-state index < -0.39 is 0 Å². The number of anilines is 3. The number of nitrogens with one attached hydrogen (secondary N) is 1. The van der Waals surface area contributed by atoms with Crippen LogP contribution in [0.1, 0.15) is 26.7 Å². The van der Waals surface area contributed by atoms with E-state index >= 15 is 0 Å². The highest BCUT2D eigenvalue weighted by molar-refractivity contribution is 7.99. The number of halogens is 1. The predicted octanol–water partition coefficient (Wildman–Crippen LogP) is 5.46. The van der Waals surface area contributed by atoms with Gasteiger partial charge >= 0.3 is 0 Å². The van der Waals surface area contributed by atoms with Crippen LogP contribution in [-0.2, 0) is 4.74 Å². The molecule has 2 saturated heterocycles. The molecule has 5 rings (SSSR count). The van der Waals surface area contributed by atoms with Gasteiger partial charge < -0.3 is 15.0 Å². The summed E-state index contributed by atoms with van der Waals surface area (Å²) in [6.07, 6.45) is 9.69. The normalized spacial score (nSPS) is 22.0. The van der Waals surface area contributed by atoms with Gasteiger partial charge in [0.05, 0.1) is 35.8 Å². The van der Waals surface area contributed by atoms with Crippen LogP contribution in [0.3, 0.4) is 0 Å². The first-order valence-corrected chi connectivity index (χ1v) is 12.4. The van der Waals surface area contributed by atoms with Crippen LogP contribution in [-0.4, -0.2) is 45.7 Å². The van der Waals surface area contributed by atoms with Crippen molar-refractivity contribution >= 4 is 40.8 Å². The Labute approximate surface area is 203 Å². The number of piperidine rings is 1. The van der Waals surface area contributed by atoms with Gasteiger partial charge in [0.2, 0.25) is 5.95 Å². The van der Waals surface area contributed by atoms with E-state index in [1.54, 1.807) is 18.5 Å². The smallest absolute Gasteiger partial charge is 0.227 e. The zero-order valence-corrected chi connectivity index (χ0v) is 20.3. The Morgan fingerprint density at radius 1 is 1.06 bits per heavy atom. The van der Waals surface area contributed by atoms with Crippen molar-refractivity contribution < 1.29 is 4.74 Å². The summed E-state index contributed by atoms with van der Waals surface area (Å²) < 4.78 is 5.95. The van der Waals surface area contributed by atoms with Crippen molar-refractivity contribution in [3.8, 4) is 0 Å². The third kappa shape index (κ3) is 4.65. The molecule has 3 aromatic rings. The Kier molecular flexibility index (Phi) is 6.40. The first kappa shape index (κ1) is 22.4. The van der Waals surface area contributed by atoms with E-state index in [9.17, 15) is 0 Å². The van der Waals surface area contributed by atoms with Crippen LogP contribution < -0.4 is 10.2 Å². The van der Waals surface area contributed by atoms with Crippen LogP contribution in [0.2, 0.25) is 5.02 Å². The molecule has 33 heavy (non-hydrogen) atoms. The summed E-state index contributed by atoms with van der Waals surface area (Å²) in [7, 11) is 0. The molecule has 2 fully saturated rings.